The third-order valence-corrected chi connectivity index (χ3v) is 14.4. The molecule has 0 aromatic carbocycles. The predicted octanol–water partition coefficient (Wildman–Crippen LogP) is 19.2. The summed E-state index contributed by atoms with van der Waals surface area (Å²) in [5.74, 6) is -2.00. The molecule has 1 N–H and O–H groups in total. The van der Waals surface area contributed by atoms with E-state index < -0.39 is 24.3 Å². The molecule has 0 aromatic heterocycles. The van der Waals surface area contributed by atoms with E-state index in [4.69, 9.17) is 18.9 Å². The number of unbranched alkanes of at least 4 members (excludes halogenated alkanes) is 39. The molecule has 0 fully saturated rings. The summed E-state index contributed by atoms with van der Waals surface area (Å²) in [6.07, 6.45) is 68.2. The topological polar surface area (TPSA) is 108 Å². The Morgan fingerprint density at radius 1 is 0.400 bits per heavy atom. The molecule has 0 aliphatic carbocycles. The van der Waals surface area contributed by atoms with E-state index in [0.717, 1.165) is 51.4 Å². The molecular weight excluding hydrogens is 935 g/mol. The van der Waals surface area contributed by atoms with Gasteiger partial charge in [-0.2, -0.15) is 0 Å². The molecule has 0 radical (unpaired) electrons. The first-order valence-corrected chi connectivity index (χ1v) is 32.2. The van der Waals surface area contributed by atoms with E-state index in [2.05, 4.69) is 50.3 Å². The highest BCUT2D eigenvalue weighted by molar-refractivity contribution is 5.71. The fraction of sp³-hybridized carbons (Fsp3) is 0.864. The van der Waals surface area contributed by atoms with Crippen LogP contribution in [-0.4, -0.2) is 87.4 Å². The van der Waals surface area contributed by atoms with Gasteiger partial charge in [0.25, 0.3) is 6.29 Å². The number of carbonyl (C=O) groups is 3. The summed E-state index contributed by atoms with van der Waals surface area (Å²) in [6.45, 7) is 4.88. The minimum atomic E-state index is -1.51. The third kappa shape index (κ3) is 59.0. The van der Waals surface area contributed by atoms with Crippen molar-refractivity contribution in [1.29, 1.82) is 0 Å². The Balaban J connectivity index is 4.04. The molecule has 0 rings (SSSR count). The van der Waals surface area contributed by atoms with Crippen molar-refractivity contribution >= 4 is 17.9 Å². The van der Waals surface area contributed by atoms with Crippen molar-refractivity contribution in [3.05, 3.63) is 36.5 Å². The molecule has 0 aromatic rings. The van der Waals surface area contributed by atoms with E-state index in [0.29, 0.717) is 23.9 Å². The molecule has 0 heterocycles. The number of aliphatic carboxylic acids is 1. The molecule has 0 amide bonds. The summed E-state index contributed by atoms with van der Waals surface area (Å²) in [5.41, 5.74) is 0. The van der Waals surface area contributed by atoms with Gasteiger partial charge < -0.3 is 28.5 Å². The number of esters is 2. The van der Waals surface area contributed by atoms with Crippen molar-refractivity contribution < 1.29 is 42.9 Å². The normalized spacial score (nSPS) is 12.9. The number of nitrogens with zero attached hydrogens (tertiary/aromatic N) is 1. The van der Waals surface area contributed by atoms with Crippen LogP contribution in [0.3, 0.4) is 0 Å². The van der Waals surface area contributed by atoms with Crippen molar-refractivity contribution in [3.8, 4) is 0 Å². The molecule has 440 valence electrons. The fourth-order valence-corrected chi connectivity index (χ4v) is 9.39. The van der Waals surface area contributed by atoms with Crippen molar-refractivity contribution in [1.82, 2.24) is 0 Å². The van der Waals surface area contributed by atoms with Crippen LogP contribution in [0.5, 0.6) is 0 Å². The molecule has 9 nitrogen and oxygen atoms in total. The molecule has 0 aliphatic rings. The number of quaternary nitrogens is 1. The lowest BCUT2D eigenvalue weighted by molar-refractivity contribution is -0.870. The zero-order chi connectivity index (χ0) is 54.8. The summed E-state index contributed by atoms with van der Waals surface area (Å²) in [7, 11) is 5.97. The van der Waals surface area contributed by atoms with Crippen LogP contribution in [0.2, 0.25) is 0 Å². The quantitative estimate of drug-likeness (QED) is 0.0211. The first-order chi connectivity index (χ1) is 36.6. The van der Waals surface area contributed by atoms with Crippen LogP contribution >= 0.6 is 0 Å². The van der Waals surface area contributed by atoms with Gasteiger partial charge in [-0.05, 0) is 70.6 Å². The van der Waals surface area contributed by atoms with Crippen LogP contribution in [0.25, 0.3) is 0 Å². The zero-order valence-electron chi connectivity index (χ0n) is 50.2. The van der Waals surface area contributed by atoms with Crippen LogP contribution in [0.15, 0.2) is 36.5 Å². The minimum absolute atomic E-state index is 0.182. The van der Waals surface area contributed by atoms with Crippen LogP contribution in [0, 0.1) is 0 Å². The van der Waals surface area contributed by atoms with Gasteiger partial charge in [-0.1, -0.05) is 262 Å². The Morgan fingerprint density at radius 3 is 1.09 bits per heavy atom. The molecule has 0 spiro atoms. The Kier molecular flexibility index (Phi) is 55.8. The summed E-state index contributed by atoms with van der Waals surface area (Å²) < 4.78 is 22.9. The average Bonchev–Trinajstić information content (AvgIpc) is 3.38. The van der Waals surface area contributed by atoms with Gasteiger partial charge in [-0.3, -0.25) is 9.59 Å². The number of carboxylic acid groups (broad SMARTS) is 1. The summed E-state index contributed by atoms with van der Waals surface area (Å²) in [5, 5.41) is 9.71. The highest BCUT2D eigenvalue weighted by Gasteiger charge is 2.25. The second kappa shape index (κ2) is 57.7. The lowest BCUT2D eigenvalue weighted by atomic mass is 10.0. The number of hydrogen-bond donors (Lipinski definition) is 1. The Bertz CT molecular complexity index is 1320. The molecular formula is C66H124NO8+. The number of hydrogen-bond acceptors (Lipinski definition) is 7. The second-order valence-corrected chi connectivity index (χ2v) is 23.1. The maximum Gasteiger partial charge on any atom is 0.361 e. The van der Waals surface area contributed by atoms with Crippen LogP contribution in [0.4, 0.5) is 0 Å². The highest BCUT2D eigenvalue weighted by atomic mass is 16.7. The van der Waals surface area contributed by atoms with E-state index in [1.54, 1.807) is 0 Å². The largest absolute Gasteiger partial charge is 0.477 e. The average molecular weight is 1060 g/mol. The van der Waals surface area contributed by atoms with Crippen LogP contribution in [-0.2, 0) is 33.3 Å². The second-order valence-electron chi connectivity index (χ2n) is 23.1. The number of allylic oxidation sites excluding steroid dienone is 6. The number of ether oxygens (including phenoxy) is 4. The van der Waals surface area contributed by atoms with Crippen molar-refractivity contribution in [2.24, 2.45) is 0 Å². The van der Waals surface area contributed by atoms with E-state index in [9.17, 15) is 19.5 Å². The number of likely N-dealkylation sites (N-methyl/N-ethyl adjacent to an activating group) is 1. The van der Waals surface area contributed by atoms with E-state index in [-0.39, 0.29) is 32.2 Å². The Hall–Kier alpha value is -2.49. The van der Waals surface area contributed by atoms with Crippen LogP contribution < -0.4 is 0 Å². The summed E-state index contributed by atoms with van der Waals surface area (Å²) in [4.78, 5) is 37.5. The lowest BCUT2D eigenvalue weighted by Gasteiger charge is -2.25. The number of carbonyl (C=O) groups excluding carboxylic acids is 2. The van der Waals surface area contributed by atoms with Gasteiger partial charge in [0.05, 0.1) is 34.4 Å². The lowest BCUT2D eigenvalue weighted by Crippen LogP contribution is -2.40. The minimum Gasteiger partial charge on any atom is -0.477 e. The summed E-state index contributed by atoms with van der Waals surface area (Å²) in [6, 6.07) is 0. The molecule has 0 bridgehead atoms. The third-order valence-electron chi connectivity index (χ3n) is 14.4. The molecule has 9 heteroatoms. The van der Waals surface area contributed by atoms with Crippen molar-refractivity contribution in [3.63, 3.8) is 0 Å². The monoisotopic (exact) mass is 1060 g/mol. The molecule has 0 saturated heterocycles. The van der Waals surface area contributed by atoms with Crippen molar-refractivity contribution in [2.75, 3.05) is 47.5 Å². The smallest absolute Gasteiger partial charge is 0.361 e. The summed E-state index contributed by atoms with van der Waals surface area (Å²) >= 11 is 0. The van der Waals surface area contributed by atoms with Gasteiger partial charge in [0.15, 0.2) is 6.10 Å². The van der Waals surface area contributed by atoms with E-state index >= 15 is 0 Å². The van der Waals surface area contributed by atoms with Gasteiger partial charge in [-0.15, -0.1) is 0 Å². The first kappa shape index (κ1) is 72.5. The number of rotatable bonds is 60. The van der Waals surface area contributed by atoms with E-state index in [1.807, 2.05) is 21.1 Å². The van der Waals surface area contributed by atoms with Gasteiger partial charge in [0, 0.05) is 12.8 Å². The van der Waals surface area contributed by atoms with Crippen molar-refractivity contribution in [2.45, 2.75) is 322 Å². The van der Waals surface area contributed by atoms with Gasteiger partial charge in [0.2, 0.25) is 0 Å². The molecule has 2 atom stereocenters. The first-order valence-electron chi connectivity index (χ1n) is 32.2. The SMILES string of the molecule is CCCCC/C=C\C/C=C\CCCCCCCCCC(=O)OC(COC(=O)CCCCCCCCCCCCCCCCCCCCCCC/C=C\CCCCCCCCCC)COC(OCC[N+](C)(C)C)C(=O)O. The van der Waals surface area contributed by atoms with Gasteiger partial charge in [-0.25, -0.2) is 4.79 Å². The molecule has 2 unspecified atom stereocenters. The van der Waals surface area contributed by atoms with Crippen LogP contribution in [0.1, 0.15) is 309 Å². The van der Waals surface area contributed by atoms with E-state index in [1.165, 1.54) is 225 Å². The van der Waals surface area contributed by atoms with Gasteiger partial charge >= 0.3 is 17.9 Å². The maximum atomic E-state index is 12.9. The van der Waals surface area contributed by atoms with Gasteiger partial charge in [0.1, 0.15) is 13.2 Å². The Morgan fingerprint density at radius 2 is 0.720 bits per heavy atom. The fourth-order valence-electron chi connectivity index (χ4n) is 9.39. The molecule has 0 aliphatic heterocycles. The maximum absolute atomic E-state index is 12.9. The Labute approximate surface area is 464 Å². The molecule has 0 saturated carbocycles. The zero-order valence-corrected chi connectivity index (χ0v) is 50.2. The predicted molar refractivity (Wildman–Crippen MR) is 318 cm³/mol. The number of carboxylic acids is 1. The highest BCUT2D eigenvalue weighted by Crippen LogP contribution is 2.18. The molecule has 75 heavy (non-hydrogen) atoms. The standard InChI is InChI=1S/C66H123NO8/c1-6-8-10-12-14-16-18-20-22-24-25-26-27-28-29-30-31-32-33-34-35-36-37-38-39-41-42-44-46-48-50-52-54-56-63(68)73-60-62(61-74-66(65(70)71)72-59-58-67(3,4)5)75-64(69)57-55-53-51-49-47-45-43-40-23-21-19-17-15-13-11-9-7-2/h15,17,21,23-25,62,66H,6-14,16,18-20,22,26-61H2,1-5H3/p+1/b17-15-,23-21-,25-24-.